The minimum atomic E-state index is 0.667. The van der Waals surface area contributed by atoms with E-state index in [4.69, 9.17) is 0 Å². The smallest absolute Gasteiger partial charge is 0.0227 e. The molecule has 0 spiro atoms. The molecule has 0 aromatic rings. The van der Waals surface area contributed by atoms with E-state index < -0.39 is 0 Å². The lowest BCUT2D eigenvalue weighted by atomic mass is 10.0. The van der Waals surface area contributed by atoms with Crippen molar-refractivity contribution in [3.05, 3.63) is 12.3 Å². The Bertz CT molecular complexity index is 133. The Balaban J connectivity index is 2.66. The second-order valence-electron chi connectivity index (χ2n) is 2.29. The van der Waals surface area contributed by atoms with Crippen molar-refractivity contribution in [2.24, 2.45) is 10.9 Å². The molecule has 1 nitrogen and oxygen atoms in total. The molecule has 0 radical (unpaired) electrons. The third-order valence-corrected chi connectivity index (χ3v) is 1.59. The van der Waals surface area contributed by atoms with Crippen LogP contribution in [0, 0.1) is 5.92 Å². The first-order valence-corrected chi connectivity index (χ1v) is 3.00. The third-order valence-electron chi connectivity index (χ3n) is 1.59. The van der Waals surface area contributed by atoms with Crippen molar-refractivity contribution in [2.75, 3.05) is 0 Å². The van der Waals surface area contributed by atoms with Crippen LogP contribution >= 0.6 is 0 Å². The Morgan fingerprint density at radius 2 is 2.50 bits per heavy atom. The Kier molecular flexibility index (Phi) is 1.47. The molecule has 0 unspecified atom stereocenters. The van der Waals surface area contributed by atoms with Crippen LogP contribution in [-0.2, 0) is 0 Å². The molecule has 8 heavy (non-hydrogen) atoms. The molecule has 1 aliphatic heterocycles. The fourth-order valence-corrected chi connectivity index (χ4v) is 0.733. The molecule has 1 rings (SSSR count). The van der Waals surface area contributed by atoms with Crippen molar-refractivity contribution < 1.29 is 0 Å². The summed E-state index contributed by atoms with van der Waals surface area (Å²) in [5, 5.41) is 0. The highest BCUT2D eigenvalue weighted by Gasteiger charge is 2.04. The van der Waals surface area contributed by atoms with Crippen LogP contribution < -0.4 is 0 Å². The van der Waals surface area contributed by atoms with Crippen LogP contribution in [0.1, 0.15) is 20.3 Å². The number of nitrogens with zero attached hydrogens (tertiary/aromatic N) is 1. The highest BCUT2D eigenvalue weighted by atomic mass is 14.7. The van der Waals surface area contributed by atoms with E-state index >= 15 is 0 Å². The molecule has 0 saturated carbocycles. The second-order valence-corrected chi connectivity index (χ2v) is 2.29. The lowest BCUT2D eigenvalue weighted by molar-refractivity contribution is 0.773. The SMILES string of the molecule is CC1=NC=CC[C@H]1C. The summed E-state index contributed by atoms with van der Waals surface area (Å²) < 4.78 is 0. The normalized spacial score (nSPS) is 27.8. The molecule has 0 aromatic heterocycles. The van der Waals surface area contributed by atoms with Gasteiger partial charge in [-0.05, 0) is 19.3 Å². The second kappa shape index (κ2) is 2.12. The molecular weight excluding hydrogens is 98.1 g/mol. The molecule has 0 N–H and O–H groups in total. The van der Waals surface area contributed by atoms with Gasteiger partial charge in [-0.1, -0.05) is 13.0 Å². The molecule has 44 valence electrons. The van der Waals surface area contributed by atoms with Crippen LogP contribution in [0.4, 0.5) is 0 Å². The number of hydrogen-bond acceptors (Lipinski definition) is 1. The molecule has 0 bridgehead atoms. The predicted molar refractivity (Wildman–Crippen MR) is 36.0 cm³/mol. The summed E-state index contributed by atoms with van der Waals surface area (Å²) in [6.07, 6.45) is 5.16. The van der Waals surface area contributed by atoms with E-state index in [9.17, 15) is 0 Å². The number of aliphatic imine (C=N–C) groups is 1. The van der Waals surface area contributed by atoms with Gasteiger partial charge in [0, 0.05) is 11.9 Å². The van der Waals surface area contributed by atoms with Gasteiger partial charge in [0.1, 0.15) is 0 Å². The van der Waals surface area contributed by atoms with Crippen LogP contribution in [0.25, 0.3) is 0 Å². The summed E-state index contributed by atoms with van der Waals surface area (Å²) in [6.45, 7) is 4.27. The Morgan fingerprint density at radius 3 is 2.88 bits per heavy atom. The first kappa shape index (κ1) is 5.54. The van der Waals surface area contributed by atoms with Crippen molar-refractivity contribution in [3.63, 3.8) is 0 Å². The molecule has 0 aliphatic carbocycles. The standard InChI is InChI=1S/C7H11N/c1-6-4-3-5-8-7(6)2/h3,5-6H,4H2,1-2H3/t6-/m1/s1. The van der Waals surface area contributed by atoms with Gasteiger partial charge in [-0.15, -0.1) is 0 Å². The third kappa shape index (κ3) is 0.971. The van der Waals surface area contributed by atoms with Gasteiger partial charge in [0.05, 0.1) is 0 Å². The fourth-order valence-electron chi connectivity index (χ4n) is 0.733. The quantitative estimate of drug-likeness (QED) is 0.451. The summed E-state index contributed by atoms with van der Waals surface area (Å²) in [7, 11) is 0. The highest BCUT2D eigenvalue weighted by molar-refractivity contribution is 5.85. The molecule has 1 aliphatic rings. The van der Waals surface area contributed by atoms with Crippen molar-refractivity contribution in [1.29, 1.82) is 0 Å². The lowest BCUT2D eigenvalue weighted by Gasteiger charge is -2.09. The molecular formula is C7H11N. The average molecular weight is 109 g/mol. The number of rotatable bonds is 0. The van der Waals surface area contributed by atoms with Crippen molar-refractivity contribution in [3.8, 4) is 0 Å². The van der Waals surface area contributed by atoms with Crippen LogP contribution in [0.15, 0.2) is 17.3 Å². The Hall–Kier alpha value is -0.590. The summed E-state index contributed by atoms with van der Waals surface area (Å²) in [5.41, 5.74) is 1.26. The predicted octanol–water partition coefficient (Wildman–Crippen LogP) is 2.00. The summed E-state index contributed by atoms with van der Waals surface area (Å²) in [6, 6.07) is 0. The number of allylic oxidation sites excluding steroid dienone is 1. The topological polar surface area (TPSA) is 12.4 Å². The van der Waals surface area contributed by atoms with Crippen molar-refractivity contribution >= 4 is 5.71 Å². The lowest BCUT2D eigenvalue weighted by Crippen LogP contribution is -2.07. The average Bonchev–Trinajstić information content (AvgIpc) is 1.77. The molecule has 0 aromatic carbocycles. The molecule has 1 heteroatoms. The zero-order valence-corrected chi connectivity index (χ0v) is 5.39. The largest absolute Gasteiger partial charge is 0.266 e. The van der Waals surface area contributed by atoms with E-state index in [2.05, 4.69) is 24.9 Å². The Labute approximate surface area is 50.1 Å². The van der Waals surface area contributed by atoms with Gasteiger partial charge in [0.2, 0.25) is 0 Å². The van der Waals surface area contributed by atoms with E-state index in [0.29, 0.717) is 5.92 Å². The summed E-state index contributed by atoms with van der Waals surface area (Å²) >= 11 is 0. The minimum absolute atomic E-state index is 0.667. The van der Waals surface area contributed by atoms with E-state index in [1.807, 2.05) is 6.20 Å². The molecule has 0 fully saturated rings. The number of hydrogen-bond donors (Lipinski definition) is 0. The first-order valence-electron chi connectivity index (χ1n) is 3.00. The zero-order valence-electron chi connectivity index (χ0n) is 5.39. The van der Waals surface area contributed by atoms with Gasteiger partial charge in [0.15, 0.2) is 0 Å². The summed E-state index contributed by atoms with van der Waals surface area (Å²) in [5.74, 6) is 0.667. The first-order chi connectivity index (χ1) is 3.80. The van der Waals surface area contributed by atoms with Gasteiger partial charge < -0.3 is 0 Å². The maximum Gasteiger partial charge on any atom is 0.0227 e. The van der Waals surface area contributed by atoms with E-state index in [1.165, 1.54) is 5.71 Å². The fraction of sp³-hybridized carbons (Fsp3) is 0.571. The Morgan fingerprint density at radius 1 is 1.75 bits per heavy atom. The van der Waals surface area contributed by atoms with Crippen LogP contribution in [-0.4, -0.2) is 5.71 Å². The van der Waals surface area contributed by atoms with E-state index in [0.717, 1.165) is 6.42 Å². The minimum Gasteiger partial charge on any atom is -0.266 e. The van der Waals surface area contributed by atoms with Gasteiger partial charge in [-0.3, -0.25) is 4.99 Å². The van der Waals surface area contributed by atoms with E-state index in [-0.39, 0.29) is 0 Å². The zero-order chi connectivity index (χ0) is 5.98. The van der Waals surface area contributed by atoms with Crippen LogP contribution in [0.5, 0.6) is 0 Å². The van der Waals surface area contributed by atoms with E-state index in [1.54, 1.807) is 0 Å². The van der Waals surface area contributed by atoms with Gasteiger partial charge >= 0.3 is 0 Å². The van der Waals surface area contributed by atoms with Gasteiger partial charge in [-0.25, -0.2) is 0 Å². The molecule has 0 amide bonds. The summed E-state index contributed by atoms with van der Waals surface area (Å²) in [4.78, 5) is 4.15. The van der Waals surface area contributed by atoms with Gasteiger partial charge in [0.25, 0.3) is 0 Å². The maximum atomic E-state index is 4.15. The van der Waals surface area contributed by atoms with Crippen LogP contribution in [0.3, 0.4) is 0 Å². The monoisotopic (exact) mass is 109 g/mol. The molecule has 0 saturated heterocycles. The van der Waals surface area contributed by atoms with Crippen molar-refractivity contribution in [2.45, 2.75) is 20.3 Å². The molecule has 1 atom stereocenters. The molecule has 1 heterocycles. The van der Waals surface area contributed by atoms with Crippen LogP contribution in [0.2, 0.25) is 0 Å². The van der Waals surface area contributed by atoms with Gasteiger partial charge in [-0.2, -0.15) is 0 Å². The highest BCUT2D eigenvalue weighted by Crippen LogP contribution is 2.09. The maximum absolute atomic E-state index is 4.15. The van der Waals surface area contributed by atoms with Crippen molar-refractivity contribution in [1.82, 2.24) is 0 Å².